The second-order valence-corrected chi connectivity index (χ2v) is 4.84. The van der Waals surface area contributed by atoms with Crippen LogP contribution in [0, 0.1) is 5.92 Å². The third-order valence-corrected chi connectivity index (χ3v) is 3.52. The molecule has 0 spiro atoms. The molecule has 2 aliphatic heterocycles. The van der Waals surface area contributed by atoms with E-state index in [4.69, 9.17) is 4.74 Å². The first kappa shape index (κ1) is 11.4. The van der Waals surface area contributed by atoms with Crippen LogP contribution in [0.15, 0.2) is 0 Å². The average Bonchev–Trinajstić information content (AvgIpc) is 2.88. The summed E-state index contributed by atoms with van der Waals surface area (Å²) in [6.45, 7) is 5.67. The normalized spacial score (nSPS) is 31.2. The third-order valence-electron chi connectivity index (χ3n) is 3.52. The first-order valence-electron chi connectivity index (χ1n) is 6.48. The molecule has 0 saturated carbocycles. The fraction of sp³-hybridized carbons (Fsp3) is 1.00. The van der Waals surface area contributed by atoms with Gasteiger partial charge in [-0.1, -0.05) is 0 Å². The number of hydrogen-bond acceptors (Lipinski definition) is 3. The smallest absolute Gasteiger partial charge is 0.0700 e. The Labute approximate surface area is 93.0 Å². The summed E-state index contributed by atoms with van der Waals surface area (Å²) in [7, 11) is 0. The van der Waals surface area contributed by atoms with Gasteiger partial charge in [-0.15, -0.1) is 0 Å². The van der Waals surface area contributed by atoms with Gasteiger partial charge in [0.05, 0.1) is 6.10 Å². The highest BCUT2D eigenvalue weighted by atomic mass is 16.5. The first-order chi connectivity index (χ1) is 7.45. The maximum atomic E-state index is 5.56. The quantitative estimate of drug-likeness (QED) is 0.648. The Morgan fingerprint density at radius 1 is 1.33 bits per heavy atom. The average molecular weight is 212 g/mol. The summed E-state index contributed by atoms with van der Waals surface area (Å²) in [5.74, 6) is 0.939. The molecule has 2 heterocycles. The van der Waals surface area contributed by atoms with Crippen molar-refractivity contribution in [2.24, 2.45) is 5.92 Å². The summed E-state index contributed by atoms with van der Waals surface area (Å²) in [5.41, 5.74) is 0. The SMILES string of the molecule is C(CNCC1CCCO1)CC1CCNC1. The van der Waals surface area contributed by atoms with E-state index >= 15 is 0 Å². The minimum atomic E-state index is 0.498. The van der Waals surface area contributed by atoms with Gasteiger partial charge in [-0.3, -0.25) is 0 Å². The minimum absolute atomic E-state index is 0.498. The molecular weight excluding hydrogens is 188 g/mol. The Kier molecular flexibility index (Phi) is 4.90. The van der Waals surface area contributed by atoms with Gasteiger partial charge >= 0.3 is 0 Å². The first-order valence-corrected chi connectivity index (χ1v) is 6.48. The molecule has 2 saturated heterocycles. The topological polar surface area (TPSA) is 33.3 Å². The largest absolute Gasteiger partial charge is 0.377 e. The van der Waals surface area contributed by atoms with Gasteiger partial charge in [0.25, 0.3) is 0 Å². The molecule has 0 aromatic carbocycles. The third kappa shape index (κ3) is 4.09. The molecule has 2 aliphatic rings. The standard InChI is InChI=1S/C12H24N2O/c1(3-11-5-7-14-9-11)6-13-10-12-4-2-8-15-12/h11-14H,1-10H2. The van der Waals surface area contributed by atoms with Crippen LogP contribution in [0.3, 0.4) is 0 Å². The van der Waals surface area contributed by atoms with Crippen LogP contribution in [-0.4, -0.2) is 38.9 Å². The van der Waals surface area contributed by atoms with E-state index in [1.54, 1.807) is 0 Å². The van der Waals surface area contributed by atoms with E-state index in [0.29, 0.717) is 6.10 Å². The highest BCUT2D eigenvalue weighted by Crippen LogP contribution is 2.14. The highest BCUT2D eigenvalue weighted by molar-refractivity contribution is 4.72. The van der Waals surface area contributed by atoms with E-state index in [1.807, 2.05) is 0 Å². The molecule has 3 heteroatoms. The zero-order valence-corrected chi connectivity index (χ0v) is 9.63. The van der Waals surface area contributed by atoms with Crippen LogP contribution >= 0.6 is 0 Å². The minimum Gasteiger partial charge on any atom is -0.377 e. The monoisotopic (exact) mass is 212 g/mol. The van der Waals surface area contributed by atoms with Crippen molar-refractivity contribution in [1.29, 1.82) is 0 Å². The van der Waals surface area contributed by atoms with E-state index in [2.05, 4.69) is 10.6 Å². The van der Waals surface area contributed by atoms with E-state index in [0.717, 1.165) is 25.6 Å². The fourth-order valence-corrected chi connectivity index (χ4v) is 2.54. The number of ether oxygens (including phenoxy) is 1. The zero-order valence-electron chi connectivity index (χ0n) is 9.63. The van der Waals surface area contributed by atoms with Crippen LogP contribution in [0.25, 0.3) is 0 Å². The van der Waals surface area contributed by atoms with Gasteiger partial charge in [0.1, 0.15) is 0 Å². The van der Waals surface area contributed by atoms with Gasteiger partial charge in [0, 0.05) is 13.2 Å². The van der Waals surface area contributed by atoms with Crippen molar-refractivity contribution >= 4 is 0 Å². The molecule has 0 aromatic rings. The number of nitrogens with one attached hydrogen (secondary N) is 2. The van der Waals surface area contributed by atoms with Gasteiger partial charge in [-0.25, -0.2) is 0 Å². The Morgan fingerprint density at radius 2 is 2.33 bits per heavy atom. The lowest BCUT2D eigenvalue weighted by molar-refractivity contribution is 0.110. The fourth-order valence-electron chi connectivity index (χ4n) is 2.54. The van der Waals surface area contributed by atoms with E-state index in [-0.39, 0.29) is 0 Å². The maximum absolute atomic E-state index is 5.56. The van der Waals surface area contributed by atoms with Crippen LogP contribution in [-0.2, 0) is 4.74 Å². The molecule has 15 heavy (non-hydrogen) atoms. The Bertz CT molecular complexity index is 145. The molecule has 0 bridgehead atoms. The zero-order chi connectivity index (χ0) is 10.3. The predicted molar refractivity (Wildman–Crippen MR) is 62.1 cm³/mol. The molecule has 0 radical (unpaired) electrons. The van der Waals surface area contributed by atoms with E-state index in [1.165, 1.54) is 45.2 Å². The summed E-state index contributed by atoms with van der Waals surface area (Å²) in [5, 5.41) is 6.92. The van der Waals surface area contributed by atoms with Crippen LogP contribution in [0.1, 0.15) is 32.1 Å². The van der Waals surface area contributed by atoms with Gasteiger partial charge < -0.3 is 15.4 Å². The van der Waals surface area contributed by atoms with Gasteiger partial charge in [-0.05, 0) is 57.7 Å². The molecule has 0 amide bonds. The Hall–Kier alpha value is -0.120. The Morgan fingerprint density at radius 3 is 3.07 bits per heavy atom. The van der Waals surface area contributed by atoms with Crippen LogP contribution in [0.5, 0.6) is 0 Å². The van der Waals surface area contributed by atoms with Crippen molar-refractivity contribution in [3.63, 3.8) is 0 Å². The van der Waals surface area contributed by atoms with Crippen molar-refractivity contribution in [3.05, 3.63) is 0 Å². The summed E-state index contributed by atoms with van der Waals surface area (Å²) >= 11 is 0. The molecule has 2 unspecified atom stereocenters. The van der Waals surface area contributed by atoms with Crippen LogP contribution in [0.2, 0.25) is 0 Å². The molecular formula is C12H24N2O. The van der Waals surface area contributed by atoms with Crippen LogP contribution in [0.4, 0.5) is 0 Å². The molecule has 0 aromatic heterocycles. The van der Waals surface area contributed by atoms with Crippen molar-refractivity contribution in [2.45, 2.75) is 38.2 Å². The van der Waals surface area contributed by atoms with E-state index in [9.17, 15) is 0 Å². The molecule has 2 fully saturated rings. The van der Waals surface area contributed by atoms with Crippen LogP contribution < -0.4 is 10.6 Å². The molecule has 2 rings (SSSR count). The predicted octanol–water partition coefficient (Wildman–Crippen LogP) is 1.14. The van der Waals surface area contributed by atoms with Crippen molar-refractivity contribution in [1.82, 2.24) is 10.6 Å². The molecule has 0 aliphatic carbocycles. The second-order valence-electron chi connectivity index (χ2n) is 4.84. The summed E-state index contributed by atoms with van der Waals surface area (Å²) in [6, 6.07) is 0. The lowest BCUT2D eigenvalue weighted by atomic mass is 10.0. The van der Waals surface area contributed by atoms with Gasteiger partial charge in [0.2, 0.25) is 0 Å². The second kappa shape index (κ2) is 6.46. The van der Waals surface area contributed by atoms with Crippen molar-refractivity contribution < 1.29 is 4.74 Å². The van der Waals surface area contributed by atoms with Crippen molar-refractivity contribution in [2.75, 3.05) is 32.8 Å². The summed E-state index contributed by atoms with van der Waals surface area (Å²) in [4.78, 5) is 0. The van der Waals surface area contributed by atoms with Crippen molar-refractivity contribution in [3.8, 4) is 0 Å². The number of rotatable bonds is 6. The van der Waals surface area contributed by atoms with E-state index < -0.39 is 0 Å². The summed E-state index contributed by atoms with van der Waals surface area (Å²) < 4.78 is 5.56. The number of hydrogen-bond donors (Lipinski definition) is 2. The molecule has 3 nitrogen and oxygen atoms in total. The summed E-state index contributed by atoms with van der Waals surface area (Å²) in [6.07, 6.45) is 7.08. The Balaban J connectivity index is 1.41. The lowest BCUT2D eigenvalue weighted by Crippen LogP contribution is -2.27. The highest BCUT2D eigenvalue weighted by Gasteiger charge is 2.15. The van der Waals surface area contributed by atoms with Gasteiger partial charge in [-0.2, -0.15) is 0 Å². The molecule has 2 atom stereocenters. The van der Waals surface area contributed by atoms with Gasteiger partial charge in [0.15, 0.2) is 0 Å². The molecule has 88 valence electrons. The molecule has 2 N–H and O–H groups in total. The maximum Gasteiger partial charge on any atom is 0.0700 e. The lowest BCUT2D eigenvalue weighted by Gasteiger charge is -2.11.